The lowest BCUT2D eigenvalue weighted by Crippen LogP contribution is -2.37. The van der Waals surface area contributed by atoms with Gasteiger partial charge in [-0.2, -0.15) is 4.39 Å². The Morgan fingerprint density at radius 1 is 1.21 bits per heavy atom. The second-order valence-corrected chi connectivity index (χ2v) is 11.2. The lowest BCUT2D eigenvalue weighted by Gasteiger charge is -2.34. The van der Waals surface area contributed by atoms with Gasteiger partial charge in [-0.15, -0.1) is 0 Å². The monoisotopic (exact) mass is 598 g/mol. The zero-order valence-corrected chi connectivity index (χ0v) is 25.2. The van der Waals surface area contributed by atoms with Crippen LogP contribution in [0, 0.1) is 12.3 Å². The summed E-state index contributed by atoms with van der Waals surface area (Å²) in [5.74, 6) is -0.999. The summed E-state index contributed by atoms with van der Waals surface area (Å²) in [6.07, 6.45) is 3.72. The van der Waals surface area contributed by atoms with Crippen LogP contribution in [-0.4, -0.2) is 71.8 Å². The summed E-state index contributed by atoms with van der Waals surface area (Å²) in [5, 5.41) is 32.0. The summed E-state index contributed by atoms with van der Waals surface area (Å²) in [4.78, 5) is 14.5. The van der Waals surface area contributed by atoms with E-state index in [9.17, 15) is 28.9 Å². The van der Waals surface area contributed by atoms with Crippen LogP contribution in [-0.2, 0) is 27.3 Å². The van der Waals surface area contributed by atoms with E-state index < -0.39 is 36.7 Å². The Morgan fingerprint density at radius 2 is 1.90 bits per heavy atom. The first-order valence-corrected chi connectivity index (χ1v) is 14.1. The van der Waals surface area contributed by atoms with Crippen LogP contribution in [0.4, 0.5) is 13.2 Å². The molecule has 0 saturated carbocycles. The first kappa shape index (κ1) is 35.5. The molecule has 1 amide bonds. The van der Waals surface area contributed by atoms with Gasteiger partial charge >= 0.3 is 6.04 Å². The third-order valence-corrected chi connectivity index (χ3v) is 6.96. The number of hydrogen-bond acceptors (Lipinski definition) is 7. The van der Waals surface area contributed by atoms with Crippen molar-refractivity contribution in [1.29, 1.82) is 0 Å². The van der Waals surface area contributed by atoms with Crippen LogP contribution in [0.3, 0.4) is 0 Å². The number of carbonyl (C=O) groups excluding carboxylic acids is 1. The number of aliphatic hydroxyl groups is 3. The number of aryl methyl sites for hydroxylation is 2. The minimum absolute atomic E-state index is 0.0232. The van der Waals surface area contributed by atoms with Crippen molar-refractivity contribution >= 4 is 5.91 Å². The van der Waals surface area contributed by atoms with Gasteiger partial charge in [0.2, 0.25) is 5.91 Å². The van der Waals surface area contributed by atoms with Gasteiger partial charge in [0.15, 0.2) is 6.67 Å². The zero-order chi connectivity index (χ0) is 31.5. The van der Waals surface area contributed by atoms with Crippen LogP contribution in [0.5, 0.6) is 0 Å². The molecule has 1 aliphatic heterocycles. The predicted molar refractivity (Wildman–Crippen MR) is 154 cm³/mol. The first-order valence-electron chi connectivity index (χ1n) is 14.1. The van der Waals surface area contributed by atoms with Crippen molar-refractivity contribution in [3.05, 3.63) is 70.0 Å². The number of benzene rings is 1. The largest absolute Gasteiger partial charge is 0.395 e. The number of ether oxygens (including phenoxy) is 2. The number of carbonyl (C=O) groups is 1. The quantitative estimate of drug-likeness (QED) is 0.194. The number of hydrogen-bond donors (Lipinski definition) is 4. The van der Waals surface area contributed by atoms with E-state index in [0.29, 0.717) is 36.2 Å². The molecule has 2 atom stereocenters. The van der Waals surface area contributed by atoms with E-state index >= 15 is 4.39 Å². The Hall–Kier alpha value is -2.70. The average Bonchev–Trinajstić information content (AvgIpc) is 3.36. The number of aliphatic hydroxyl groups excluding tert-OH is 3. The molecular weight excluding hydrogens is 553 g/mol. The number of halogens is 3. The predicted octanol–water partition coefficient (Wildman–Crippen LogP) is 4.63. The van der Waals surface area contributed by atoms with Crippen LogP contribution in [0.25, 0.3) is 0 Å². The standard InChI is InChI=1S/C31H45F3N2O6/c1-6-7-27(26(33)15-24-9-10-28(30(3,4)20-38)36(24)16-25(39)17-37)35-29(40)11-8-22-12-21(2)13-23(14-22)18-42-31(34,19-32)41-5/h10,12-15,25,37-39H,6-9,11,16-20H2,1-5H3,(H,35,40)/b24-15+,27-26-/t25-,31?/m1/s1. The highest BCUT2D eigenvalue weighted by atomic mass is 19.2. The van der Waals surface area contributed by atoms with Crippen LogP contribution in [0.1, 0.15) is 63.1 Å². The van der Waals surface area contributed by atoms with Crippen molar-refractivity contribution in [3.63, 3.8) is 0 Å². The first-order chi connectivity index (χ1) is 19.8. The molecule has 1 aromatic carbocycles. The zero-order valence-electron chi connectivity index (χ0n) is 25.2. The molecule has 0 aromatic heterocycles. The molecule has 0 fully saturated rings. The Morgan fingerprint density at radius 3 is 2.50 bits per heavy atom. The van der Waals surface area contributed by atoms with Crippen molar-refractivity contribution in [2.45, 2.75) is 78.6 Å². The number of nitrogens with zero attached hydrogens (tertiary/aromatic N) is 1. The summed E-state index contributed by atoms with van der Waals surface area (Å²) in [7, 11) is 1.01. The number of methoxy groups -OCH3 is 1. The summed E-state index contributed by atoms with van der Waals surface area (Å²) in [5.41, 5.74) is 2.95. The molecular formula is C31H45F3N2O6. The molecule has 42 heavy (non-hydrogen) atoms. The third kappa shape index (κ3) is 10.2. The number of alkyl halides is 2. The molecule has 1 heterocycles. The summed E-state index contributed by atoms with van der Waals surface area (Å²) in [6, 6.07) is 2.53. The van der Waals surface area contributed by atoms with Gasteiger partial charge in [0.05, 0.1) is 38.2 Å². The highest BCUT2D eigenvalue weighted by Crippen LogP contribution is 2.38. The molecule has 0 aliphatic carbocycles. The second-order valence-electron chi connectivity index (χ2n) is 11.2. The lowest BCUT2D eigenvalue weighted by molar-refractivity contribution is -0.316. The van der Waals surface area contributed by atoms with Crippen molar-refractivity contribution in [1.82, 2.24) is 10.2 Å². The maximum absolute atomic E-state index is 15.6. The number of rotatable bonds is 17. The highest BCUT2D eigenvalue weighted by molar-refractivity contribution is 5.78. The maximum Gasteiger partial charge on any atom is 0.349 e. The smallest absolute Gasteiger partial charge is 0.349 e. The fourth-order valence-corrected chi connectivity index (χ4v) is 4.65. The maximum atomic E-state index is 15.6. The molecule has 2 rings (SSSR count). The molecule has 0 saturated heterocycles. The van der Waals surface area contributed by atoms with Crippen molar-refractivity contribution in [2.75, 3.05) is 33.5 Å². The molecule has 4 N–H and O–H groups in total. The van der Waals surface area contributed by atoms with Gasteiger partial charge in [0, 0.05) is 36.8 Å². The number of nitrogens with one attached hydrogen (secondary N) is 1. The van der Waals surface area contributed by atoms with Gasteiger partial charge in [-0.25, -0.2) is 8.78 Å². The lowest BCUT2D eigenvalue weighted by atomic mass is 9.89. The van der Waals surface area contributed by atoms with Crippen molar-refractivity contribution in [3.8, 4) is 0 Å². The van der Waals surface area contributed by atoms with E-state index in [-0.39, 0.29) is 44.2 Å². The molecule has 0 bridgehead atoms. The number of allylic oxidation sites excluding steroid dienone is 4. The van der Waals surface area contributed by atoms with Gasteiger partial charge < -0.3 is 35.0 Å². The molecule has 1 aliphatic rings. The van der Waals surface area contributed by atoms with E-state index in [4.69, 9.17) is 4.74 Å². The summed E-state index contributed by atoms with van der Waals surface area (Å²) in [6.45, 7) is 5.07. The molecule has 8 nitrogen and oxygen atoms in total. The van der Waals surface area contributed by atoms with Crippen molar-refractivity contribution in [2.24, 2.45) is 5.41 Å². The number of β-amino-alcohol motifs (C(OH)–C–C–N with tert-alkyl or cyclic N) is 1. The van der Waals surface area contributed by atoms with E-state index in [2.05, 4.69) is 10.1 Å². The van der Waals surface area contributed by atoms with Gasteiger partial charge in [0.25, 0.3) is 0 Å². The van der Waals surface area contributed by atoms with Crippen LogP contribution in [0.15, 0.2) is 53.3 Å². The molecule has 0 spiro atoms. The normalized spacial score (nSPS) is 17.6. The summed E-state index contributed by atoms with van der Waals surface area (Å²) < 4.78 is 51.8. The van der Waals surface area contributed by atoms with Gasteiger partial charge in [-0.3, -0.25) is 4.79 Å². The highest BCUT2D eigenvalue weighted by Gasteiger charge is 2.33. The van der Waals surface area contributed by atoms with Gasteiger partial charge in [0.1, 0.15) is 5.83 Å². The van der Waals surface area contributed by atoms with E-state index in [1.165, 1.54) is 6.08 Å². The van der Waals surface area contributed by atoms with Crippen LogP contribution < -0.4 is 5.32 Å². The van der Waals surface area contributed by atoms with Crippen molar-refractivity contribution < 1.29 is 42.8 Å². The summed E-state index contributed by atoms with van der Waals surface area (Å²) >= 11 is 0. The number of amides is 1. The Balaban J connectivity index is 2.17. The van der Waals surface area contributed by atoms with E-state index in [1.807, 2.05) is 39.8 Å². The molecule has 11 heteroatoms. The van der Waals surface area contributed by atoms with Crippen LogP contribution >= 0.6 is 0 Å². The van der Waals surface area contributed by atoms with Gasteiger partial charge in [-0.05, 0) is 37.0 Å². The van der Waals surface area contributed by atoms with Crippen LogP contribution in [0.2, 0.25) is 0 Å². The minimum Gasteiger partial charge on any atom is -0.395 e. The second kappa shape index (κ2) is 16.2. The SMILES string of the molecule is CCC/C(NC(=O)CCc1cc(C)cc(COC(F)(CF)OC)c1)=C(F)\C=C1/CC=C(C(C)(C)CO)N1C[C@@H](O)CO. The van der Waals surface area contributed by atoms with Gasteiger partial charge in [-0.1, -0.05) is 57.0 Å². The Kier molecular flexibility index (Phi) is 13.7. The van der Waals surface area contributed by atoms with E-state index in [0.717, 1.165) is 18.2 Å². The average molecular weight is 599 g/mol. The molecule has 236 valence electrons. The molecule has 0 radical (unpaired) electrons. The molecule has 1 aromatic rings. The topological polar surface area (TPSA) is 111 Å². The minimum atomic E-state index is -2.83. The third-order valence-electron chi connectivity index (χ3n) is 6.96. The fraction of sp³-hybridized carbons (Fsp3) is 0.581. The Labute approximate surface area is 246 Å². The Bertz CT molecular complexity index is 1150. The van der Waals surface area contributed by atoms with E-state index in [1.54, 1.807) is 17.0 Å². The fourth-order valence-electron chi connectivity index (χ4n) is 4.65. The molecule has 1 unspecified atom stereocenters.